The number of nitrogens with two attached hydrogens (primary N) is 2. The summed E-state index contributed by atoms with van der Waals surface area (Å²) >= 11 is 3.97. The molecule has 16 heteroatoms. The monoisotopic (exact) mass is 586 g/mol. The number of thiol groups is 1. The van der Waals surface area contributed by atoms with E-state index in [4.69, 9.17) is 16.6 Å². The van der Waals surface area contributed by atoms with Gasteiger partial charge in [0.25, 0.3) is 0 Å². The molecule has 40 heavy (non-hydrogen) atoms. The highest BCUT2D eigenvalue weighted by Crippen LogP contribution is 2.24. The summed E-state index contributed by atoms with van der Waals surface area (Å²) in [4.78, 5) is 58.9. The van der Waals surface area contributed by atoms with Crippen LogP contribution in [0.1, 0.15) is 31.2 Å². The van der Waals surface area contributed by atoms with E-state index in [9.17, 15) is 39.3 Å². The quantitative estimate of drug-likeness (QED) is 0.0600. The van der Waals surface area contributed by atoms with Crippen LogP contribution in [0.25, 0.3) is 0 Å². The molecule has 3 amide bonds. The first kappa shape index (κ1) is 34.4. The van der Waals surface area contributed by atoms with Gasteiger partial charge in [0.1, 0.15) is 18.6 Å². The van der Waals surface area contributed by atoms with Gasteiger partial charge < -0.3 is 53.2 Å². The normalized spacial score (nSPS) is 13.9. The smallest absolute Gasteiger partial charge is 0.322 e. The molecule has 4 atom stereocenters. The first-order chi connectivity index (χ1) is 18.9. The molecule has 1 rings (SSSR count). The number of carboxylic acid groups (broad SMARTS) is 2. The van der Waals surface area contributed by atoms with Crippen molar-refractivity contribution in [2.45, 2.75) is 56.3 Å². The first-order valence-corrected chi connectivity index (χ1v) is 13.1. The van der Waals surface area contributed by atoms with Gasteiger partial charge in [-0.3, -0.25) is 24.0 Å². The molecule has 224 valence electrons. The molecule has 0 aromatic heterocycles. The Bertz CT molecular complexity index is 1030. The average molecular weight is 587 g/mol. The number of nitrogens with one attached hydrogen (secondary N) is 4. The van der Waals surface area contributed by atoms with Crippen molar-refractivity contribution < 1.29 is 44.4 Å². The lowest BCUT2D eigenvalue weighted by Crippen LogP contribution is -2.50. The molecule has 0 aliphatic heterocycles. The zero-order valence-electron chi connectivity index (χ0n) is 21.8. The minimum atomic E-state index is -1.25. The fourth-order valence-corrected chi connectivity index (χ4v) is 3.81. The summed E-state index contributed by atoms with van der Waals surface area (Å²) in [6, 6.07) is 0.694. The molecule has 0 bridgehead atoms. The molecule has 0 saturated carbocycles. The van der Waals surface area contributed by atoms with Crippen LogP contribution in [0.3, 0.4) is 0 Å². The van der Waals surface area contributed by atoms with Gasteiger partial charge in [0.15, 0.2) is 11.5 Å². The van der Waals surface area contributed by atoms with Gasteiger partial charge in [-0.2, -0.15) is 12.6 Å². The number of phenolic OH excluding ortho intramolecular Hbond substituents is 2. The predicted octanol–water partition coefficient (Wildman–Crippen LogP) is -2.37. The summed E-state index contributed by atoms with van der Waals surface area (Å²) in [7, 11) is 0. The third-order valence-electron chi connectivity index (χ3n) is 5.84. The topological polar surface area (TPSA) is 266 Å². The van der Waals surface area contributed by atoms with Crippen LogP contribution >= 0.6 is 12.6 Å². The van der Waals surface area contributed by atoms with Crippen LogP contribution in [0.4, 0.5) is 0 Å². The second-order valence-electron chi connectivity index (χ2n) is 8.99. The van der Waals surface area contributed by atoms with E-state index in [1.807, 2.05) is 0 Å². The Morgan fingerprint density at radius 1 is 0.925 bits per heavy atom. The van der Waals surface area contributed by atoms with E-state index in [0.29, 0.717) is 12.0 Å². The Hall–Kier alpha value is -3.60. The summed E-state index contributed by atoms with van der Waals surface area (Å²) in [5, 5.41) is 47.1. The lowest BCUT2D eigenvalue weighted by molar-refractivity contribution is -0.140. The highest BCUT2D eigenvalue weighted by molar-refractivity contribution is 7.80. The van der Waals surface area contributed by atoms with Gasteiger partial charge in [0.2, 0.25) is 17.7 Å². The van der Waals surface area contributed by atoms with Gasteiger partial charge in [-0.1, -0.05) is 6.07 Å². The summed E-state index contributed by atoms with van der Waals surface area (Å²) in [5.74, 6) is -4.85. The van der Waals surface area contributed by atoms with Crippen molar-refractivity contribution in [3.8, 4) is 11.5 Å². The van der Waals surface area contributed by atoms with Crippen molar-refractivity contribution in [2.24, 2.45) is 11.5 Å². The second kappa shape index (κ2) is 17.9. The predicted molar refractivity (Wildman–Crippen MR) is 147 cm³/mol. The Morgan fingerprint density at radius 3 is 2.20 bits per heavy atom. The largest absolute Gasteiger partial charge is 0.504 e. The molecule has 15 nitrogen and oxygen atoms in total. The molecule has 0 aliphatic rings. The van der Waals surface area contributed by atoms with Crippen LogP contribution in [0, 0.1) is 0 Å². The Labute approximate surface area is 236 Å². The Morgan fingerprint density at radius 2 is 1.62 bits per heavy atom. The molecule has 0 fully saturated rings. The maximum atomic E-state index is 12.3. The lowest BCUT2D eigenvalue weighted by atomic mass is 10.0. The summed E-state index contributed by atoms with van der Waals surface area (Å²) in [5.41, 5.74) is 12.4. The maximum absolute atomic E-state index is 12.3. The number of aromatic hydroxyl groups is 2. The molecular weight excluding hydrogens is 548 g/mol. The molecule has 1 aromatic rings. The standard InChI is InChI=1S/C24H38N6O9S/c25-10-14(2-3-15(26)22(36)27-8-7-13-1-5-18(31)19(32)9-13)29-16(24(38)39)4-6-20(33)30-17(12-40)23(37)28-11-21(34)35/h1,5,9,14-17,29,31-32,40H,2-4,6-8,10-12,25-26H2,(H,27,36)(H,28,37)(H,30,33)(H,34,35)(H,38,39)/t14?,15-,16-,17-/m0/s1. The number of phenols is 2. The zero-order valence-corrected chi connectivity index (χ0v) is 22.7. The third kappa shape index (κ3) is 13.0. The van der Waals surface area contributed by atoms with E-state index in [2.05, 4.69) is 33.9 Å². The third-order valence-corrected chi connectivity index (χ3v) is 6.21. The van der Waals surface area contributed by atoms with Gasteiger partial charge >= 0.3 is 11.9 Å². The molecule has 0 heterocycles. The van der Waals surface area contributed by atoms with Crippen LogP contribution < -0.4 is 32.7 Å². The van der Waals surface area contributed by atoms with Crippen LogP contribution in [0.15, 0.2) is 18.2 Å². The summed E-state index contributed by atoms with van der Waals surface area (Å²) < 4.78 is 0. The van der Waals surface area contributed by atoms with E-state index in [1.54, 1.807) is 6.07 Å². The van der Waals surface area contributed by atoms with Gasteiger partial charge in [0, 0.05) is 31.3 Å². The van der Waals surface area contributed by atoms with Crippen molar-refractivity contribution in [3.63, 3.8) is 0 Å². The SMILES string of the molecule is NCC(CC[C@H](N)C(=O)NCCc1ccc(O)c(O)c1)N[C@@H](CCC(=O)N[C@@H](CS)C(=O)NCC(=O)O)C(=O)O. The molecule has 1 unspecified atom stereocenters. The highest BCUT2D eigenvalue weighted by atomic mass is 32.1. The zero-order chi connectivity index (χ0) is 30.2. The van der Waals surface area contributed by atoms with Crippen LogP contribution in [-0.2, 0) is 30.4 Å². The number of carboxylic acids is 2. The lowest BCUT2D eigenvalue weighted by Gasteiger charge is -2.23. The van der Waals surface area contributed by atoms with Crippen LogP contribution in [0.2, 0.25) is 0 Å². The molecule has 0 radical (unpaired) electrons. The number of carbonyl (C=O) groups is 5. The molecule has 0 aliphatic carbocycles. The van der Waals surface area contributed by atoms with E-state index in [1.165, 1.54) is 12.1 Å². The fourth-order valence-electron chi connectivity index (χ4n) is 3.55. The number of aliphatic carboxylic acids is 2. The van der Waals surface area contributed by atoms with E-state index < -0.39 is 60.4 Å². The maximum Gasteiger partial charge on any atom is 0.322 e. The summed E-state index contributed by atoms with van der Waals surface area (Å²) in [6.07, 6.45) is 0.488. The highest BCUT2D eigenvalue weighted by Gasteiger charge is 2.25. The minimum absolute atomic E-state index is 0.0418. The van der Waals surface area contributed by atoms with Crippen molar-refractivity contribution in [1.29, 1.82) is 0 Å². The van der Waals surface area contributed by atoms with Crippen molar-refractivity contribution >= 4 is 42.3 Å². The van der Waals surface area contributed by atoms with Crippen molar-refractivity contribution in [3.05, 3.63) is 23.8 Å². The van der Waals surface area contributed by atoms with Gasteiger partial charge in [-0.05, 0) is 43.4 Å². The fraction of sp³-hybridized carbons (Fsp3) is 0.542. The van der Waals surface area contributed by atoms with E-state index in [0.717, 1.165) is 0 Å². The summed E-state index contributed by atoms with van der Waals surface area (Å²) in [6.45, 7) is -0.338. The first-order valence-electron chi connectivity index (χ1n) is 12.5. The van der Waals surface area contributed by atoms with E-state index >= 15 is 0 Å². The number of benzene rings is 1. The van der Waals surface area contributed by atoms with Crippen LogP contribution in [-0.4, -0.2) is 99.6 Å². The molecular formula is C24H38N6O9S. The number of hydrogen-bond acceptors (Lipinski definition) is 11. The minimum Gasteiger partial charge on any atom is -0.504 e. The van der Waals surface area contributed by atoms with Crippen molar-refractivity contribution in [2.75, 3.05) is 25.4 Å². The number of carbonyl (C=O) groups excluding carboxylic acids is 3. The van der Waals surface area contributed by atoms with Crippen molar-refractivity contribution in [1.82, 2.24) is 21.3 Å². The second-order valence-corrected chi connectivity index (χ2v) is 9.36. The van der Waals surface area contributed by atoms with Gasteiger partial charge in [-0.25, -0.2) is 0 Å². The number of rotatable bonds is 19. The van der Waals surface area contributed by atoms with Gasteiger partial charge in [-0.15, -0.1) is 0 Å². The molecule has 0 spiro atoms. The number of amides is 3. The Balaban J connectivity index is 2.50. The van der Waals surface area contributed by atoms with Crippen LogP contribution in [0.5, 0.6) is 11.5 Å². The molecule has 0 saturated heterocycles. The average Bonchev–Trinajstić information content (AvgIpc) is 2.91. The Kier molecular flexibility index (Phi) is 15.4. The number of hydrogen-bond donors (Lipinski definition) is 11. The molecule has 12 N–H and O–H groups in total. The molecule has 1 aromatic carbocycles. The van der Waals surface area contributed by atoms with Gasteiger partial charge in [0.05, 0.1) is 6.04 Å². The van der Waals surface area contributed by atoms with E-state index in [-0.39, 0.29) is 56.0 Å².